The summed E-state index contributed by atoms with van der Waals surface area (Å²) in [4.78, 5) is 23.5. The van der Waals surface area contributed by atoms with Gasteiger partial charge in [-0.25, -0.2) is 4.39 Å². The van der Waals surface area contributed by atoms with Gasteiger partial charge in [0.05, 0.1) is 0 Å². The highest BCUT2D eigenvalue weighted by Crippen LogP contribution is 2.21. The number of hydrogen-bond donors (Lipinski definition) is 3. The first-order valence-electron chi connectivity index (χ1n) is 8.06. The van der Waals surface area contributed by atoms with Crippen molar-refractivity contribution in [1.29, 1.82) is 0 Å². The van der Waals surface area contributed by atoms with Gasteiger partial charge in [-0.1, -0.05) is 23.7 Å². The van der Waals surface area contributed by atoms with Crippen LogP contribution in [0.4, 0.5) is 4.39 Å². The number of halogens is 2. The van der Waals surface area contributed by atoms with Crippen LogP contribution < -0.4 is 20.9 Å². The third kappa shape index (κ3) is 7.34. The molecule has 0 aliphatic heterocycles. The van der Waals surface area contributed by atoms with Gasteiger partial charge in [0.1, 0.15) is 11.6 Å². The van der Waals surface area contributed by atoms with E-state index in [-0.39, 0.29) is 17.5 Å². The number of ether oxygens (including phenoxy) is 1. The molecule has 0 heterocycles. The number of benzene rings is 2. The van der Waals surface area contributed by atoms with Crippen LogP contribution in [0.5, 0.6) is 5.75 Å². The molecule has 2 aromatic carbocycles. The third-order valence-corrected chi connectivity index (χ3v) is 3.78. The topological polar surface area (TPSA) is 79.5 Å². The number of aryl methyl sites for hydroxylation is 1. The van der Waals surface area contributed by atoms with Gasteiger partial charge in [-0.15, -0.1) is 0 Å². The van der Waals surface area contributed by atoms with Gasteiger partial charge in [-0.2, -0.15) is 0 Å². The van der Waals surface area contributed by atoms with E-state index < -0.39 is 11.8 Å². The second kappa shape index (κ2) is 10.4. The summed E-state index contributed by atoms with van der Waals surface area (Å²) >= 11 is 10.8. The van der Waals surface area contributed by atoms with Crippen molar-refractivity contribution in [3.63, 3.8) is 0 Å². The first-order chi connectivity index (χ1) is 13.3. The fraction of sp³-hybridized carbons (Fsp3) is 0.105. The van der Waals surface area contributed by atoms with Gasteiger partial charge in [-0.05, 0) is 66.7 Å². The average molecular weight is 422 g/mol. The highest BCUT2D eigenvalue weighted by molar-refractivity contribution is 7.80. The van der Waals surface area contributed by atoms with E-state index in [0.717, 1.165) is 5.56 Å². The maximum Gasteiger partial charge on any atom is 0.276 e. The summed E-state index contributed by atoms with van der Waals surface area (Å²) in [6, 6.07) is 10.7. The van der Waals surface area contributed by atoms with Crippen LogP contribution in [-0.2, 0) is 9.59 Å². The Bertz CT molecular complexity index is 904. The summed E-state index contributed by atoms with van der Waals surface area (Å²) in [5, 5.41) is 2.84. The molecule has 0 radical (unpaired) electrons. The van der Waals surface area contributed by atoms with Crippen molar-refractivity contribution in [2.75, 3.05) is 6.61 Å². The Morgan fingerprint density at radius 2 is 1.89 bits per heavy atom. The van der Waals surface area contributed by atoms with Crippen LogP contribution in [-0.4, -0.2) is 23.5 Å². The third-order valence-electron chi connectivity index (χ3n) is 3.35. The molecule has 0 saturated heterocycles. The number of rotatable bonds is 5. The minimum Gasteiger partial charge on any atom is -0.483 e. The molecule has 0 aliphatic carbocycles. The molecule has 3 N–H and O–H groups in total. The lowest BCUT2D eigenvalue weighted by Gasteiger charge is -2.11. The molecule has 28 heavy (non-hydrogen) atoms. The molecule has 2 rings (SSSR count). The molecule has 2 amide bonds. The number of carbonyl (C=O) groups is 2. The number of carbonyl (C=O) groups excluding carboxylic acids is 2. The van der Waals surface area contributed by atoms with Crippen molar-refractivity contribution >= 4 is 46.8 Å². The Labute approximate surface area is 171 Å². The highest BCUT2D eigenvalue weighted by atomic mass is 35.5. The molecule has 2 aromatic rings. The fourth-order valence-electron chi connectivity index (χ4n) is 2.01. The van der Waals surface area contributed by atoms with Gasteiger partial charge in [0.25, 0.3) is 5.91 Å². The number of hydrazine groups is 1. The van der Waals surface area contributed by atoms with E-state index in [4.69, 9.17) is 28.6 Å². The molecule has 0 fully saturated rings. The monoisotopic (exact) mass is 421 g/mol. The van der Waals surface area contributed by atoms with Gasteiger partial charge in [0.15, 0.2) is 11.7 Å². The Morgan fingerprint density at radius 1 is 1.18 bits per heavy atom. The normalized spacial score (nSPS) is 10.4. The van der Waals surface area contributed by atoms with Crippen molar-refractivity contribution in [3.8, 4) is 5.75 Å². The molecular weight excluding hydrogens is 405 g/mol. The van der Waals surface area contributed by atoms with Crippen LogP contribution in [0.25, 0.3) is 6.08 Å². The summed E-state index contributed by atoms with van der Waals surface area (Å²) in [6.45, 7) is 1.55. The second-order valence-corrected chi connectivity index (χ2v) is 6.42. The standard InChI is InChI=1S/C19H17ClFN3O3S/c1-12-10-14(20)5-8-16(12)27-11-18(26)23-24-19(28)22-17(25)9-4-13-2-6-15(21)7-3-13/h2-10H,11H2,1H3,(H,23,26)(H2,22,24,25,28). The van der Waals surface area contributed by atoms with Crippen molar-refractivity contribution in [3.05, 3.63) is 70.5 Å². The van der Waals surface area contributed by atoms with Crippen molar-refractivity contribution in [2.45, 2.75) is 6.92 Å². The second-order valence-electron chi connectivity index (χ2n) is 5.57. The van der Waals surface area contributed by atoms with Crippen LogP contribution in [0.3, 0.4) is 0 Å². The van der Waals surface area contributed by atoms with Gasteiger partial charge in [0, 0.05) is 11.1 Å². The lowest BCUT2D eigenvalue weighted by atomic mass is 10.2. The lowest BCUT2D eigenvalue weighted by Crippen LogP contribution is -2.49. The van der Waals surface area contributed by atoms with E-state index in [0.29, 0.717) is 16.3 Å². The largest absolute Gasteiger partial charge is 0.483 e. The van der Waals surface area contributed by atoms with Crippen LogP contribution in [0.2, 0.25) is 5.02 Å². The minimum absolute atomic E-state index is 0.0928. The predicted molar refractivity (Wildman–Crippen MR) is 109 cm³/mol. The Kier molecular flexibility index (Phi) is 7.91. The molecule has 9 heteroatoms. The molecule has 0 saturated carbocycles. The Hall–Kier alpha value is -2.97. The van der Waals surface area contributed by atoms with Crippen LogP contribution in [0, 0.1) is 12.7 Å². The minimum atomic E-state index is -0.510. The number of thiocarbonyl (C=S) groups is 1. The van der Waals surface area contributed by atoms with E-state index in [1.54, 1.807) is 18.2 Å². The summed E-state index contributed by atoms with van der Waals surface area (Å²) < 4.78 is 18.2. The van der Waals surface area contributed by atoms with Gasteiger partial charge < -0.3 is 4.74 Å². The van der Waals surface area contributed by atoms with E-state index in [2.05, 4.69) is 16.2 Å². The Morgan fingerprint density at radius 3 is 2.57 bits per heavy atom. The number of hydrogen-bond acceptors (Lipinski definition) is 4. The molecule has 0 bridgehead atoms. The summed E-state index contributed by atoms with van der Waals surface area (Å²) in [5.74, 6) is -0.837. The molecule has 6 nitrogen and oxygen atoms in total. The highest BCUT2D eigenvalue weighted by Gasteiger charge is 2.07. The molecular formula is C19H17ClFN3O3S. The van der Waals surface area contributed by atoms with Gasteiger partial charge in [0.2, 0.25) is 5.91 Å². The average Bonchev–Trinajstić information content (AvgIpc) is 2.65. The van der Waals surface area contributed by atoms with Crippen molar-refractivity contribution in [1.82, 2.24) is 16.2 Å². The lowest BCUT2D eigenvalue weighted by molar-refractivity contribution is -0.123. The molecule has 146 valence electrons. The summed E-state index contributed by atoms with van der Waals surface area (Å²) in [6.07, 6.45) is 2.73. The fourth-order valence-corrected chi connectivity index (χ4v) is 2.39. The molecule has 0 unspecified atom stereocenters. The molecule has 0 aromatic heterocycles. The van der Waals surface area contributed by atoms with E-state index in [1.807, 2.05) is 6.92 Å². The van der Waals surface area contributed by atoms with Gasteiger partial charge >= 0.3 is 0 Å². The zero-order chi connectivity index (χ0) is 20.5. The van der Waals surface area contributed by atoms with E-state index >= 15 is 0 Å². The summed E-state index contributed by atoms with van der Waals surface area (Å²) in [5.41, 5.74) is 6.15. The van der Waals surface area contributed by atoms with Gasteiger partial charge in [-0.3, -0.25) is 25.8 Å². The molecule has 0 aliphatic rings. The van der Waals surface area contributed by atoms with E-state index in [1.165, 1.54) is 36.4 Å². The number of amides is 2. The van der Waals surface area contributed by atoms with Crippen LogP contribution in [0.15, 0.2) is 48.5 Å². The van der Waals surface area contributed by atoms with Crippen molar-refractivity contribution in [2.24, 2.45) is 0 Å². The first kappa shape index (κ1) is 21.3. The maximum absolute atomic E-state index is 12.8. The Balaban J connectivity index is 1.71. The van der Waals surface area contributed by atoms with Crippen LogP contribution >= 0.6 is 23.8 Å². The zero-order valence-corrected chi connectivity index (χ0v) is 16.4. The maximum atomic E-state index is 12.8. The quantitative estimate of drug-likeness (QED) is 0.393. The molecule has 0 atom stereocenters. The van der Waals surface area contributed by atoms with Crippen LogP contribution in [0.1, 0.15) is 11.1 Å². The summed E-state index contributed by atoms with van der Waals surface area (Å²) in [7, 11) is 0. The van der Waals surface area contributed by atoms with E-state index in [9.17, 15) is 14.0 Å². The smallest absolute Gasteiger partial charge is 0.276 e. The SMILES string of the molecule is Cc1cc(Cl)ccc1OCC(=O)NNC(=S)NC(=O)C=Cc1ccc(F)cc1. The van der Waals surface area contributed by atoms with Crippen molar-refractivity contribution < 1.29 is 18.7 Å². The first-order valence-corrected chi connectivity index (χ1v) is 8.84. The molecule has 0 spiro atoms. The zero-order valence-electron chi connectivity index (χ0n) is 14.8. The number of nitrogens with one attached hydrogen (secondary N) is 3. The predicted octanol–water partition coefficient (Wildman–Crippen LogP) is 2.90.